The van der Waals surface area contributed by atoms with Gasteiger partial charge in [-0.1, -0.05) is 116 Å². The van der Waals surface area contributed by atoms with E-state index >= 15 is 0 Å². The van der Waals surface area contributed by atoms with E-state index in [1.807, 2.05) is 39.0 Å². The zero-order valence-electron chi connectivity index (χ0n) is 27.2. The third-order valence-corrected chi connectivity index (χ3v) is 7.81. The Morgan fingerprint density at radius 2 is 0.957 bits per heavy atom. The molecule has 6 aromatic rings. The van der Waals surface area contributed by atoms with Gasteiger partial charge in [-0.15, -0.1) is 6.58 Å². The Hall–Kier alpha value is -5.32. The number of para-hydroxylation sites is 4. The van der Waals surface area contributed by atoms with Gasteiger partial charge in [-0.3, -0.25) is 0 Å². The van der Waals surface area contributed by atoms with Gasteiger partial charge in [-0.25, -0.2) is 0 Å². The van der Waals surface area contributed by atoms with Gasteiger partial charge >= 0.3 is 0 Å². The molecule has 0 spiro atoms. The monoisotopic (exact) mass is 621 g/mol. The molecule has 0 atom stereocenters. The van der Waals surface area contributed by atoms with Crippen LogP contribution in [-0.4, -0.2) is 0 Å². The Kier molecular flexibility index (Phi) is 13.0. The summed E-state index contributed by atoms with van der Waals surface area (Å²) in [6, 6.07) is 53.0. The summed E-state index contributed by atoms with van der Waals surface area (Å²) < 4.78 is 0. The van der Waals surface area contributed by atoms with Crippen LogP contribution in [0.2, 0.25) is 0 Å². The lowest BCUT2D eigenvalue weighted by Crippen LogP contribution is -2.09. The molecule has 5 aromatic carbocycles. The van der Waals surface area contributed by atoms with Gasteiger partial charge in [-0.2, -0.15) is 0 Å². The standard InChI is InChI=1S/C37H31N3S.C3H6.C2H6/c1-2-15-29-28-34(24-25-35(29)38-30-16-7-3-8-17-30)40(33-22-13-6-14-23-33)37-27-26-36(41-37)39(31-18-9-4-10-19-31)32-20-11-5-12-21-32;1-3-2;1-2/h2-28,38H,1H3;3H,1H2,2H3;1-2H3/b15-2+;;. The van der Waals surface area contributed by atoms with Crippen molar-refractivity contribution in [2.45, 2.75) is 27.7 Å². The van der Waals surface area contributed by atoms with Crippen molar-refractivity contribution in [2.24, 2.45) is 0 Å². The van der Waals surface area contributed by atoms with E-state index in [4.69, 9.17) is 0 Å². The van der Waals surface area contributed by atoms with Gasteiger partial charge in [-0.05, 0) is 98.3 Å². The molecule has 0 aliphatic heterocycles. The van der Waals surface area contributed by atoms with Gasteiger partial charge < -0.3 is 15.1 Å². The molecule has 3 nitrogen and oxygen atoms in total. The van der Waals surface area contributed by atoms with Gasteiger partial charge in [0.05, 0.1) is 0 Å². The van der Waals surface area contributed by atoms with E-state index in [0.717, 1.165) is 49.7 Å². The van der Waals surface area contributed by atoms with Crippen molar-refractivity contribution in [3.63, 3.8) is 0 Å². The molecule has 46 heavy (non-hydrogen) atoms. The number of nitrogens with zero attached hydrogens (tertiary/aromatic N) is 2. The van der Waals surface area contributed by atoms with Crippen LogP contribution in [-0.2, 0) is 0 Å². The fourth-order valence-corrected chi connectivity index (χ4v) is 5.98. The van der Waals surface area contributed by atoms with Crippen LogP contribution >= 0.6 is 11.3 Å². The van der Waals surface area contributed by atoms with Crippen molar-refractivity contribution in [2.75, 3.05) is 15.1 Å². The van der Waals surface area contributed by atoms with E-state index in [1.54, 1.807) is 17.4 Å². The lowest BCUT2D eigenvalue weighted by molar-refractivity contribution is 1.31. The van der Waals surface area contributed by atoms with Crippen LogP contribution in [0.5, 0.6) is 0 Å². The molecule has 0 bridgehead atoms. The molecule has 0 aliphatic carbocycles. The molecule has 0 aliphatic rings. The summed E-state index contributed by atoms with van der Waals surface area (Å²) in [6.45, 7) is 11.3. The molecular weight excluding hydrogens is 579 g/mol. The number of nitrogens with one attached hydrogen (secondary N) is 1. The molecule has 0 saturated heterocycles. The summed E-state index contributed by atoms with van der Waals surface area (Å²) in [7, 11) is 0. The highest BCUT2D eigenvalue weighted by atomic mass is 32.1. The summed E-state index contributed by atoms with van der Waals surface area (Å²) in [5.74, 6) is 0. The quantitative estimate of drug-likeness (QED) is 0.162. The van der Waals surface area contributed by atoms with Crippen LogP contribution in [0.15, 0.2) is 170 Å². The number of hydrogen-bond donors (Lipinski definition) is 1. The highest BCUT2D eigenvalue weighted by molar-refractivity contribution is 7.20. The number of benzene rings is 5. The normalized spacial score (nSPS) is 10.2. The molecule has 0 amide bonds. The topological polar surface area (TPSA) is 18.5 Å². The van der Waals surface area contributed by atoms with Crippen LogP contribution in [0.4, 0.5) is 44.1 Å². The van der Waals surface area contributed by atoms with E-state index in [9.17, 15) is 0 Å². The number of hydrogen-bond acceptors (Lipinski definition) is 4. The Bertz CT molecular complexity index is 1720. The van der Waals surface area contributed by atoms with Crippen LogP contribution in [0.1, 0.15) is 33.3 Å². The molecule has 1 aromatic heterocycles. The maximum atomic E-state index is 3.58. The van der Waals surface area contributed by atoms with Crippen molar-refractivity contribution in [3.8, 4) is 0 Å². The number of thiophene rings is 1. The zero-order chi connectivity index (χ0) is 32.6. The second-order valence-electron chi connectivity index (χ2n) is 9.96. The Balaban J connectivity index is 0.000000908. The van der Waals surface area contributed by atoms with E-state index in [-0.39, 0.29) is 0 Å². The first kappa shape index (κ1) is 33.6. The number of anilines is 8. The van der Waals surface area contributed by atoms with Crippen molar-refractivity contribution >= 4 is 61.5 Å². The van der Waals surface area contributed by atoms with E-state index in [0.29, 0.717) is 0 Å². The molecule has 0 radical (unpaired) electrons. The number of rotatable bonds is 9. The minimum absolute atomic E-state index is 1.07. The lowest BCUT2D eigenvalue weighted by Gasteiger charge is -2.26. The first-order valence-corrected chi connectivity index (χ1v) is 16.5. The average Bonchev–Trinajstić information content (AvgIpc) is 3.58. The van der Waals surface area contributed by atoms with Crippen LogP contribution < -0.4 is 15.1 Å². The predicted molar refractivity (Wildman–Crippen MR) is 205 cm³/mol. The highest BCUT2D eigenvalue weighted by Crippen LogP contribution is 2.46. The van der Waals surface area contributed by atoms with E-state index < -0.39 is 0 Å². The minimum atomic E-state index is 1.07. The van der Waals surface area contributed by atoms with E-state index in [1.165, 1.54) is 0 Å². The molecular formula is C42H43N3S. The average molecular weight is 622 g/mol. The van der Waals surface area contributed by atoms with Crippen LogP contribution in [0.3, 0.4) is 0 Å². The number of allylic oxidation sites excluding steroid dienone is 2. The fraction of sp³-hybridized carbons (Fsp3) is 0.0952. The lowest BCUT2D eigenvalue weighted by atomic mass is 10.1. The van der Waals surface area contributed by atoms with Crippen LogP contribution in [0, 0.1) is 0 Å². The Labute approximate surface area is 279 Å². The molecule has 0 unspecified atom stereocenters. The molecule has 6 rings (SSSR count). The maximum Gasteiger partial charge on any atom is 0.102 e. The van der Waals surface area contributed by atoms with Crippen LogP contribution in [0.25, 0.3) is 6.08 Å². The SMILES string of the molecule is C/C=C/c1cc(N(c2ccccc2)c2ccc(N(c3ccccc3)c3ccccc3)s2)ccc1Nc1ccccc1.C=CC.CC. The Morgan fingerprint density at radius 1 is 0.543 bits per heavy atom. The van der Waals surface area contributed by atoms with Gasteiger partial charge in [0, 0.05) is 34.1 Å². The summed E-state index contributed by atoms with van der Waals surface area (Å²) in [6.07, 6.45) is 5.99. The summed E-state index contributed by atoms with van der Waals surface area (Å²) in [5, 5.41) is 5.87. The van der Waals surface area contributed by atoms with Crippen molar-refractivity contribution in [1.29, 1.82) is 0 Å². The fourth-order valence-electron chi connectivity index (χ4n) is 4.89. The van der Waals surface area contributed by atoms with Crippen molar-refractivity contribution in [1.82, 2.24) is 0 Å². The third-order valence-electron chi connectivity index (χ3n) is 6.75. The van der Waals surface area contributed by atoms with Gasteiger partial charge in [0.25, 0.3) is 0 Å². The largest absolute Gasteiger partial charge is 0.355 e. The van der Waals surface area contributed by atoms with Gasteiger partial charge in [0.1, 0.15) is 10.0 Å². The molecule has 1 N–H and O–H groups in total. The second kappa shape index (κ2) is 17.8. The van der Waals surface area contributed by atoms with Crippen molar-refractivity contribution < 1.29 is 0 Å². The first-order valence-electron chi connectivity index (χ1n) is 15.7. The minimum Gasteiger partial charge on any atom is -0.355 e. The molecule has 0 saturated carbocycles. The highest BCUT2D eigenvalue weighted by Gasteiger charge is 2.19. The van der Waals surface area contributed by atoms with Gasteiger partial charge in [0.2, 0.25) is 0 Å². The predicted octanol–water partition coefficient (Wildman–Crippen LogP) is 13.7. The molecule has 4 heteroatoms. The third kappa shape index (κ3) is 8.65. The van der Waals surface area contributed by atoms with Crippen molar-refractivity contribution in [3.05, 3.63) is 176 Å². The van der Waals surface area contributed by atoms with E-state index in [2.05, 4.69) is 174 Å². The second-order valence-corrected chi connectivity index (χ2v) is 11.0. The molecule has 0 fully saturated rings. The molecule has 1 heterocycles. The maximum absolute atomic E-state index is 3.58. The molecule has 232 valence electrons. The van der Waals surface area contributed by atoms with Gasteiger partial charge in [0.15, 0.2) is 0 Å². The summed E-state index contributed by atoms with van der Waals surface area (Å²) in [4.78, 5) is 4.65. The first-order chi connectivity index (χ1) is 22.7. The summed E-state index contributed by atoms with van der Waals surface area (Å²) >= 11 is 1.77. The zero-order valence-corrected chi connectivity index (χ0v) is 28.0. The summed E-state index contributed by atoms with van der Waals surface area (Å²) in [5.41, 5.74) is 7.73. The Morgan fingerprint density at radius 3 is 1.39 bits per heavy atom. The smallest absolute Gasteiger partial charge is 0.102 e.